The number of aryl methyl sites for hydroxylation is 3. The Morgan fingerprint density at radius 1 is 1.18 bits per heavy atom. The number of hydrogen-bond donors (Lipinski definition) is 3. The first-order chi connectivity index (χ1) is 13.1. The van der Waals surface area contributed by atoms with Crippen LogP contribution in [0.15, 0.2) is 29.2 Å². The Kier molecular flexibility index (Phi) is 5.09. The van der Waals surface area contributed by atoms with E-state index in [1.54, 1.807) is 29.8 Å². The van der Waals surface area contributed by atoms with E-state index in [-0.39, 0.29) is 10.6 Å². The second kappa shape index (κ2) is 7.21. The predicted molar refractivity (Wildman–Crippen MR) is 106 cm³/mol. The molecule has 2 heterocycles. The highest BCUT2D eigenvalue weighted by atomic mass is 32.2. The lowest BCUT2D eigenvalue weighted by atomic mass is 10.1. The van der Waals surface area contributed by atoms with E-state index in [9.17, 15) is 13.2 Å². The van der Waals surface area contributed by atoms with Gasteiger partial charge in [0.25, 0.3) is 5.91 Å². The standard InChI is InChI=1S/C18H22N6O3S/c1-10-6-7-13(8-16(10)28(26,27)19-4)20-18(25)15-9-14(21-22-15)17-11(2)23-24(5)12(17)3/h6-9,19H,1-5H3,(H,20,25)(H,21,22). The molecule has 3 N–H and O–H groups in total. The van der Waals surface area contributed by atoms with Gasteiger partial charge in [-0.3, -0.25) is 14.6 Å². The quantitative estimate of drug-likeness (QED) is 0.602. The predicted octanol–water partition coefficient (Wildman–Crippen LogP) is 1.90. The van der Waals surface area contributed by atoms with E-state index >= 15 is 0 Å². The molecule has 3 aromatic rings. The number of amides is 1. The van der Waals surface area contributed by atoms with Crippen molar-refractivity contribution < 1.29 is 13.2 Å². The number of nitrogens with one attached hydrogen (secondary N) is 3. The fraction of sp³-hybridized carbons (Fsp3) is 0.278. The van der Waals surface area contributed by atoms with Gasteiger partial charge in [0, 0.05) is 24.0 Å². The molecule has 0 aliphatic rings. The van der Waals surface area contributed by atoms with Crippen LogP contribution in [0.5, 0.6) is 0 Å². The molecule has 148 valence electrons. The average Bonchev–Trinajstić information content (AvgIpc) is 3.21. The van der Waals surface area contributed by atoms with Crippen LogP contribution in [0.25, 0.3) is 11.3 Å². The van der Waals surface area contributed by atoms with Gasteiger partial charge in [-0.25, -0.2) is 13.1 Å². The highest BCUT2D eigenvalue weighted by Crippen LogP contribution is 2.26. The Bertz CT molecular complexity index is 1160. The van der Waals surface area contributed by atoms with Gasteiger partial charge in [-0.1, -0.05) is 6.07 Å². The molecular formula is C18H22N6O3S. The highest BCUT2D eigenvalue weighted by molar-refractivity contribution is 7.89. The summed E-state index contributed by atoms with van der Waals surface area (Å²) in [5.74, 6) is -0.422. The Balaban J connectivity index is 1.87. The molecule has 0 radical (unpaired) electrons. The van der Waals surface area contributed by atoms with Crippen molar-refractivity contribution in [1.82, 2.24) is 24.7 Å². The highest BCUT2D eigenvalue weighted by Gasteiger charge is 2.19. The minimum atomic E-state index is -3.62. The Hall–Kier alpha value is -2.98. The number of carbonyl (C=O) groups excluding carboxylic acids is 1. The van der Waals surface area contributed by atoms with Crippen LogP contribution in [0.1, 0.15) is 27.4 Å². The zero-order valence-electron chi connectivity index (χ0n) is 16.3. The molecule has 3 rings (SSSR count). The van der Waals surface area contributed by atoms with Gasteiger partial charge in [0.15, 0.2) is 0 Å². The van der Waals surface area contributed by atoms with Gasteiger partial charge in [-0.05, 0) is 51.6 Å². The molecule has 9 nitrogen and oxygen atoms in total. The largest absolute Gasteiger partial charge is 0.321 e. The molecule has 28 heavy (non-hydrogen) atoms. The number of benzene rings is 1. The summed E-state index contributed by atoms with van der Waals surface area (Å²) in [5, 5.41) is 14.0. The topological polar surface area (TPSA) is 122 Å². The lowest BCUT2D eigenvalue weighted by Crippen LogP contribution is -2.20. The molecule has 0 aliphatic heterocycles. The van der Waals surface area contributed by atoms with Crippen LogP contribution in [0.4, 0.5) is 5.69 Å². The smallest absolute Gasteiger partial charge is 0.273 e. The molecule has 10 heteroatoms. The SMILES string of the molecule is CNS(=O)(=O)c1cc(NC(=O)c2cc(-c3c(C)nn(C)c3C)n[nH]2)ccc1C. The van der Waals surface area contributed by atoms with Crippen molar-refractivity contribution >= 4 is 21.6 Å². The molecule has 1 aromatic carbocycles. The van der Waals surface area contributed by atoms with Crippen molar-refractivity contribution in [2.24, 2.45) is 7.05 Å². The number of H-pyrrole nitrogens is 1. The number of rotatable bonds is 5. The number of nitrogens with zero attached hydrogens (tertiary/aromatic N) is 3. The second-order valence-electron chi connectivity index (χ2n) is 6.48. The first kappa shape index (κ1) is 19.8. The number of anilines is 1. The summed E-state index contributed by atoms with van der Waals surface area (Å²) in [4.78, 5) is 12.7. The number of aromatic nitrogens is 4. The minimum Gasteiger partial charge on any atom is -0.321 e. The summed E-state index contributed by atoms with van der Waals surface area (Å²) in [5.41, 5.74) is 4.46. The summed E-state index contributed by atoms with van der Waals surface area (Å²) < 4.78 is 28.3. The molecule has 0 saturated carbocycles. The molecule has 0 spiro atoms. The molecule has 2 aromatic heterocycles. The fourth-order valence-electron chi connectivity index (χ4n) is 2.99. The van der Waals surface area contributed by atoms with Crippen molar-refractivity contribution in [3.63, 3.8) is 0 Å². The maximum absolute atomic E-state index is 12.6. The van der Waals surface area contributed by atoms with E-state index in [0.29, 0.717) is 16.9 Å². The average molecular weight is 402 g/mol. The van der Waals surface area contributed by atoms with Gasteiger partial charge >= 0.3 is 0 Å². The Labute approximate surface area is 163 Å². The summed E-state index contributed by atoms with van der Waals surface area (Å²) in [6, 6.07) is 6.35. The van der Waals surface area contributed by atoms with Crippen LogP contribution in [-0.4, -0.2) is 41.4 Å². The third kappa shape index (κ3) is 3.56. The molecule has 0 unspecified atom stereocenters. The molecule has 0 atom stereocenters. The first-order valence-corrected chi connectivity index (χ1v) is 10.0. The van der Waals surface area contributed by atoms with E-state index in [4.69, 9.17) is 0 Å². The van der Waals surface area contributed by atoms with Crippen LogP contribution in [0.2, 0.25) is 0 Å². The third-order valence-corrected chi connectivity index (χ3v) is 6.15. The Morgan fingerprint density at radius 3 is 2.50 bits per heavy atom. The van der Waals surface area contributed by atoms with Crippen LogP contribution in [0.3, 0.4) is 0 Å². The third-order valence-electron chi connectivity index (χ3n) is 4.59. The monoisotopic (exact) mass is 402 g/mol. The van der Waals surface area contributed by atoms with E-state index in [2.05, 4.69) is 25.3 Å². The summed E-state index contributed by atoms with van der Waals surface area (Å²) in [7, 11) is -0.432. The van der Waals surface area contributed by atoms with E-state index in [0.717, 1.165) is 17.0 Å². The lowest BCUT2D eigenvalue weighted by molar-refractivity contribution is 0.102. The van der Waals surface area contributed by atoms with Gasteiger partial charge in [-0.15, -0.1) is 0 Å². The van der Waals surface area contributed by atoms with Gasteiger partial charge in [0.05, 0.1) is 16.3 Å². The van der Waals surface area contributed by atoms with E-state index < -0.39 is 15.9 Å². The maximum atomic E-state index is 12.6. The van der Waals surface area contributed by atoms with Crippen molar-refractivity contribution in [2.45, 2.75) is 25.7 Å². The zero-order chi connectivity index (χ0) is 20.6. The molecule has 0 fully saturated rings. The summed E-state index contributed by atoms with van der Waals surface area (Å²) >= 11 is 0. The number of hydrogen-bond acceptors (Lipinski definition) is 5. The summed E-state index contributed by atoms with van der Waals surface area (Å²) in [6.45, 7) is 5.50. The molecular weight excluding hydrogens is 380 g/mol. The number of sulfonamides is 1. The first-order valence-electron chi connectivity index (χ1n) is 8.55. The molecule has 0 bridgehead atoms. The fourth-order valence-corrected chi connectivity index (χ4v) is 3.98. The van der Waals surface area contributed by atoms with Crippen molar-refractivity contribution in [2.75, 3.05) is 12.4 Å². The Morgan fingerprint density at radius 2 is 1.89 bits per heavy atom. The normalized spacial score (nSPS) is 11.6. The lowest BCUT2D eigenvalue weighted by Gasteiger charge is -2.09. The molecule has 0 aliphatic carbocycles. The van der Waals surface area contributed by atoms with Gasteiger partial charge in [0.1, 0.15) is 5.69 Å². The van der Waals surface area contributed by atoms with Gasteiger partial charge in [-0.2, -0.15) is 10.2 Å². The van der Waals surface area contributed by atoms with Crippen molar-refractivity contribution in [3.8, 4) is 11.3 Å². The van der Waals surface area contributed by atoms with E-state index in [1.807, 2.05) is 20.9 Å². The maximum Gasteiger partial charge on any atom is 0.273 e. The van der Waals surface area contributed by atoms with Gasteiger partial charge in [0.2, 0.25) is 10.0 Å². The van der Waals surface area contributed by atoms with Crippen molar-refractivity contribution in [3.05, 3.63) is 46.9 Å². The molecule has 1 amide bonds. The van der Waals surface area contributed by atoms with Crippen LogP contribution in [-0.2, 0) is 17.1 Å². The number of aromatic amines is 1. The van der Waals surface area contributed by atoms with Crippen LogP contribution >= 0.6 is 0 Å². The van der Waals surface area contributed by atoms with Crippen LogP contribution < -0.4 is 10.0 Å². The second-order valence-corrected chi connectivity index (χ2v) is 8.33. The van der Waals surface area contributed by atoms with E-state index in [1.165, 1.54) is 13.1 Å². The van der Waals surface area contributed by atoms with Crippen LogP contribution in [0, 0.1) is 20.8 Å². The van der Waals surface area contributed by atoms with Crippen molar-refractivity contribution in [1.29, 1.82) is 0 Å². The summed E-state index contributed by atoms with van der Waals surface area (Å²) in [6.07, 6.45) is 0. The van der Waals surface area contributed by atoms with Gasteiger partial charge < -0.3 is 5.32 Å². The molecule has 0 saturated heterocycles. The number of carbonyl (C=O) groups is 1. The minimum absolute atomic E-state index is 0.111. The zero-order valence-corrected chi connectivity index (χ0v) is 17.1.